The van der Waals surface area contributed by atoms with Gasteiger partial charge < -0.3 is 15.2 Å². The summed E-state index contributed by atoms with van der Waals surface area (Å²) in [7, 11) is 1.54. The molecule has 0 atom stereocenters. The summed E-state index contributed by atoms with van der Waals surface area (Å²) in [6.07, 6.45) is 3.00. The van der Waals surface area contributed by atoms with Crippen molar-refractivity contribution in [3.63, 3.8) is 0 Å². The first kappa shape index (κ1) is 12.9. The fourth-order valence-corrected chi connectivity index (χ4v) is 1.71. The summed E-state index contributed by atoms with van der Waals surface area (Å²) in [5.41, 5.74) is 7.37. The van der Waals surface area contributed by atoms with Crippen molar-refractivity contribution in [2.24, 2.45) is 0 Å². The van der Waals surface area contributed by atoms with Gasteiger partial charge in [-0.2, -0.15) is 0 Å². The van der Waals surface area contributed by atoms with E-state index in [0.29, 0.717) is 23.7 Å². The van der Waals surface area contributed by atoms with Gasteiger partial charge in [-0.15, -0.1) is 0 Å². The number of anilines is 1. The minimum absolute atomic E-state index is 0.315. The van der Waals surface area contributed by atoms with Crippen molar-refractivity contribution in [3.8, 4) is 11.4 Å². The third kappa shape index (κ3) is 2.52. The molecule has 1 heterocycles. The van der Waals surface area contributed by atoms with Crippen molar-refractivity contribution in [3.05, 3.63) is 36.4 Å². The summed E-state index contributed by atoms with van der Waals surface area (Å²) < 4.78 is 11.8. The Hall–Kier alpha value is -2.50. The van der Waals surface area contributed by atoms with E-state index in [0.717, 1.165) is 5.69 Å². The summed E-state index contributed by atoms with van der Waals surface area (Å²) in [5, 5.41) is 0. The molecule has 2 rings (SSSR count). The lowest BCUT2D eigenvalue weighted by Crippen LogP contribution is -2.10. The van der Waals surface area contributed by atoms with E-state index >= 15 is 0 Å². The highest BCUT2D eigenvalue weighted by molar-refractivity contribution is 5.88. The van der Waals surface area contributed by atoms with E-state index in [1.165, 1.54) is 19.6 Å². The molecule has 1 aromatic carbocycles. The van der Waals surface area contributed by atoms with Gasteiger partial charge in [0.25, 0.3) is 0 Å². The Labute approximate surface area is 110 Å². The van der Waals surface area contributed by atoms with Crippen molar-refractivity contribution in [1.29, 1.82) is 0 Å². The molecule has 0 spiro atoms. The molecule has 2 aromatic rings. The van der Waals surface area contributed by atoms with Gasteiger partial charge in [-0.05, 0) is 19.1 Å². The first-order valence-electron chi connectivity index (χ1n) is 5.80. The maximum atomic E-state index is 11.8. The molecular formula is C13H15N3O3. The van der Waals surface area contributed by atoms with Crippen LogP contribution in [0.4, 0.5) is 5.69 Å². The summed E-state index contributed by atoms with van der Waals surface area (Å²) in [4.78, 5) is 15.8. The molecule has 0 fully saturated rings. The van der Waals surface area contributed by atoms with Crippen molar-refractivity contribution >= 4 is 11.7 Å². The highest BCUT2D eigenvalue weighted by atomic mass is 16.5. The quantitative estimate of drug-likeness (QED) is 0.668. The number of imidazole rings is 1. The lowest BCUT2D eigenvalue weighted by atomic mass is 10.2. The molecule has 0 bridgehead atoms. The van der Waals surface area contributed by atoms with Crippen LogP contribution >= 0.6 is 0 Å². The molecule has 100 valence electrons. The first-order chi connectivity index (χ1) is 9.17. The second-order valence-electron chi connectivity index (χ2n) is 3.80. The van der Waals surface area contributed by atoms with Crippen molar-refractivity contribution in [2.75, 3.05) is 19.5 Å². The smallest absolute Gasteiger partial charge is 0.356 e. The molecule has 1 aromatic heterocycles. The predicted octanol–water partition coefficient (Wildman–Crippen LogP) is 1.64. The maximum Gasteiger partial charge on any atom is 0.356 e. The minimum atomic E-state index is -0.421. The zero-order valence-corrected chi connectivity index (χ0v) is 10.8. The van der Waals surface area contributed by atoms with Gasteiger partial charge in [0.15, 0.2) is 5.69 Å². The standard InChI is InChI=1S/C13H15N3O3/c1-3-19-13(17)11-7-15-8-16(11)9-4-5-10(14)12(6-9)18-2/h4-8H,3,14H2,1-2H3. The van der Waals surface area contributed by atoms with Crippen LogP contribution in [0.15, 0.2) is 30.7 Å². The highest BCUT2D eigenvalue weighted by Gasteiger charge is 2.14. The largest absolute Gasteiger partial charge is 0.495 e. The van der Waals surface area contributed by atoms with Gasteiger partial charge in [-0.1, -0.05) is 0 Å². The third-order valence-electron chi connectivity index (χ3n) is 2.62. The molecule has 0 amide bonds. The number of carbonyl (C=O) groups is 1. The second-order valence-corrected chi connectivity index (χ2v) is 3.80. The molecule has 0 radical (unpaired) electrons. The molecule has 0 saturated heterocycles. The highest BCUT2D eigenvalue weighted by Crippen LogP contribution is 2.25. The monoisotopic (exact) mass is 261 g/mol. The fraction of sp³-hybridized carbons (Fsp3) is 0.231. The zero-order chi connectivity index (χ0) is 13.8. The van der Waals surface area contributed by atoms with Gasteiger partial charge in [0.1, 0.15) is 5.75 Å². The Balaban J connectivity index is 2.42. The fourth-order valence-electron chi connectivity index (χ4n) is 1.71. The van der Waals surface area contributed by atoms with Crippen LogP contribution in [-0.4, -0.2) is 29.2 Å². The Kier molecular flexibility index (Phi) is 3.70. The topological polar surface area (TPSA) is 79.4 Å². The number of benzene rings is 1. The zero-order valence-electron chi connectivity index (χ0n) is 10.8. The van der Waals surface area contributed by atoms with Crippen LogP contribution in [0.5, 0.6) is 5.75 Å². The SMILES string of the molecule is CCOC(=O)c1cncn1-c1ccc(N)c(OC)c1. The lowest BCUT2D eigenvalue weighted by molar-refractivity contribution is 0.0517. The van der Waals surface area contributed by atoms with Crippen LogP contribution in [0.3, 0.4) is 0 Å². The normalized spacial score (nSPS) is 10.2. The number of hydrogen-bond acceptors (Lipinski definition) is 5. The molecular weight excluding hydrogens is 246 g/mol. The number of esters is 1. The van der Waals surface area contributed by atoms with E-state index in [9.17, 15) is 4.79 Å². The average molecular weight is 261 g/mol. The van der Waals surface area contributed by atoms with Crippen molar-refractivity contribution in [2.45, 2.75) is 6.92 Å². The van der Waals surface area contributed by atoms with Crippen molar-refractivity contribution in [1.82, 2.24) is 9.55 Å². The molecule has 0 aliphatic heterocycles. The number of hydrogen-bond donors (Lipinski definition) is 1. The van der Waals surface area contributed by atoms with E-state index in [1.807, 2.05) is 0 Å². The third-order valence-corrected chi connectivity index (χ3v) is 2.62. The van der Waals surface area contributed by atoms with E-state index in [2.05, 4.69) is 4.98 Å². The number of aromatic nitrogens is 2. The number of rotatable bonds is 4. The number of nitrogens with zero attached hydrogens (tertiary/aromatic N) is 2. The summed E-state index contributed by atoms with van der Waals surface area (Å²) in [6, 6.07) is 5.23. The molecule has 19 heavy (non-hydrogen) atoms. The Morgan fingerprint density at radius 2 is 2.26 bits per heavy atom. The van der Waals surface area contributed by atoms with Crippen LogP contribution in [-0.2, 0) is 4.74 Å². The van der Waals surface area contributed by atoms with Gasteiger partial charge in [0.2, 0.25) is 0 Å². The minimum Gasteiger partial charge on any atom is -0.495 e. The van der Waals surface area contributed by atoms with Gasteiger partial charge in [0.05, 0.1) is 37.6 Å². The Bertz CT molecular complexity index is 593. The molecule has 0 aliphatic rings. The Morgan fingerprint density at radius 3 is 2.95 bits per heavy atom. The average Bonchev–Trinajstić information content (AvgIpc) is 2.89. The van der Waals surface area contributed by atoms with E-state index < -0.39 is 5.97 Å². The van der Waals surface area contributed by atoms with Crippen LogP contribution in [0, 0.1) is 0 Å². The molecule has 6 nitrogen and oxygen atoms in total. The number of carbonyl (C=O) groups excluding carboxylic acids is 1. The summed E-state index contributed by atoms with van der Waals surface area (Å²) >= 11 is 0. The molecule has 0 saturated carbocycles. The first-order valence-corrected chi connectivity index (χ1v) is 5.80. The van der Waals surface area contributed by atoms with Gasteiger partial charge in [0, 0.05) is 6.07 Å². The van der Waals surface area contributed by atoms with E-state index in [-0.39, 0.29) is 0 Å². The molecule has 6 heteroatoms. The van der Waals surface area contributed by atoms with E-state index in [4.69, 9.17) is 15.2 Å². The van der Waals surface area contributed by atoms with Crippen molar-refractivity contribution < 1.29 is 14.3 Å². The number of methoxy groups -OCH3 is 1. The van der Waals surface area contributed by atoms with Gasteiger partial charge in [-0.3, -0.25) is 4.57 Å². The molecule has 2 N–H and O–H groups in total. The number of nitrogens with two attached hydrogens (primary N) is 1. The second kappa shape index (κ2) is 5.43. The summed E-state index contributed by atoms with van der Waals surface area (Å²) in [6.45, 7) is 2.07. The lowest BCUT2D eigenvalue weighted by Gasteiger charge is -2.10. The molecule has 0 aliphatic carbocycles. The number of nitrogen functional groups attached to an aromatic ring is 1. The maximum absolute atomic E-state index is 11.8. The van der Waals surface area contributed by atoms with Gasteiger partial charge >= 0.3 is 5.97 Å². The van der Waals surface area contributed by atoms with Crippen LogP contribution in [0.25, 0.3) is 5.69 Å². The summed E-state index contributed by atoms with van der Waals surface area (Å²) in [5.74, 6) is 0.122. The molecule has 0 unspecified atom stereocenters. The van der Waals surface area contributed by atoms with Crippen LogP contribution in [0.2, 0.25) is 0 Å². The predicted molar refractivity (Wildman–Crippen MR) is 70.5 cm³/mol. The number of ether oxygens (including phenoxy) is 2. The Morgan fingerprint density at radius 1 is 1.47 bits per heavy atom. The van der Waals surface area contributed by atoms with E-state index in [1.54, 1.807) is 29.7 Å². The van der Waals surface area contributed by atoms with Crippen LogP contribution in [0.1, 0.15) is 17.4 Å². The van der Waals surface area contributed by atoms with Crippen LogP contribution < -0.4 is 10.5 Å². The van der Waals surface area contributed by atoms with Gasteiger partial charge in [-0.25, -0.2) is 9.78 Å².